The van der Waals surface area contributed by atoms with E-state index in [0.717, 1.165) is 49.8 Å². The molecule has 1 atom stereocenters. The second kappa shape index (κ2) is 8.82. The van der Waals surface area contributed by atoms with Gasteiger partial charge in [0.25, 0.3) is 0 Å². The van der Waals surface area contributed by atoms with Crippen LogP contribution in [0.4, 0.5) is 0 Å². The van der Waals surface area contributed by atoms with Crippen molar-refractivity contribution in [3.05, 3.63) is 23.8 Å². The van der Waals surface area contributed by atoms with Crippen molar-refractivity contribution in [2.75, 3.05) is 33.3 Å². The number of ether oxygens (including phenoxy) is 1. The van der Waals surface area contributed by atoms with Crippen LogP contribution < -0.4 is 10.1 Å². The first-order valence-electron chi connectivity index (χ1n) is 7.59. The number of phenolic OH excluding ortho intramolecular Hbond substituents is 1. The van der Waals surface area contributed by atoms with Crippen molar-refractivity contribution in [1.29, 1.82) is 0 Å². The second-order valence-electron chi connectivity index (χ2n) is 5.91. The van der Waals surface area contributed by atoms with Gasteiger partial charge in [-0.05, 0) is 30.5 Å². The fraction of sp³-hybridized carbons (Fsp3) is 0.625. The van der Waals surface area contributed by atoms with Gasteiger partial charge in [0.05, 0.1) is 7.11 Å². The molecule has 3 rings (SSSR count). The van der Waals surface area contributed by atoms with Crippen LogP contribution in [-0.2, 0) is 0 Å². The van der Waals surface area contributed by atoms with Crippen LogP contribution in [0.5, 0.6) is 11.5 Å². The van der Waals surface area contributed by atoms with Gasteiger partial charge in [0.15, 0.2) is 0 Å². The van der Waals surface area contributed by atoms with E-state index in [-0.39, 0.29) is 24.8 Å². The molecule has 0 spiro atoms. The van der Waals surface area contributed by atoms with Gasteiger partial charge in [0, 0.05) is 37.8 Å². The lowest BCUT2D eigenvalue weighted by molar-refractivity contribution is 0.158. The number of piperazine rings is 1. The summed E-state index contributed by atoms with van der Waals surface area (Å²) < 4.78 is 5.33. The van der Waals surface area contributed by atoms with Crippen LogP contribution >= 0.6 is 24.8 Å². The largest absolute Gasteiger partial charge is 0.508 e. The number of halogens is 2. The molecule has 1 saturated heterocycles. The standard InChI is InChI=1S/C16H24N2O2.2ClH/c1-20-13-4-5-16(19)14(11-13)15(10-12-2-3-12)18-8-6-17-7-9-18;;/h4-5,11-12,15,17,19H,2-3,6-10H2,1H3;2*1H/t15-;;/m1../s1. The van der Waals surface area contributed by atoms with Gasteiger partial charge in [-0.2, -0.15) is 0 Å². The number of hydrogen-bond donors (Lipinski definition) is 2. The van der Waals surface area contributed by atoms with Gasteiger partial charge in [-0.25, -0.2) is 0 Å². The maximum Gasteiger partial charge on any atom is 0.120 e. The van der Waals surface area contributed by atoms with Crippen LogP contribution in [0.1, 0.15) is 30.9 Å². The van der Waals surface area contributed by atoms with E-state index >= 15 is 0 Å². The number of nitrogens with zero attached hydrogens (tertiary/aromatic N) is 1. The minimum absolute atomic E-state index is 0. The summed E-state index contributed by atoms with van der Waals surface area (Å²) in [5.41, 5.74) is 1.03. The SMILES string of the molecule is COc1ccc(O)c([C@@H](CC2CC2)N2CCNCC2)c1.Cl.Cl. The van der Waals surface area contributed by atoms with E-state index < -0.39 is 0 Å². The van der Waals surface area contributed by atoms with Gasteiger partial charge >= 0.3 is 0 Å². The summed E-state index contributed by atoms with van der Waals surface area (Å²) in [6, 6.07) is 5.91. The molecule has 2 fully saturated rings. The Labute approximate surface area is 145 Å². The predicted molar refractivity (Wildman–Crippen MR) is 93.7 cm³/mol. The molecule has 0 unspecified atom stereocenters. The van der Waals surface area contributed by atoms with Crippen molar-refractivity contribution in [1.82, 2.24) is 10.2 Å². The molecule has 0 amide bonds. The zero-order chi connectivity index (χ0) is 13.9. The van der Waals surface area contributed by atoms with E-state index in [0.29, 0.717) is 11.8 Å². The third-order valence-corrected chi connectivity index (χ3v) is 4.44. The first-order valence-corrected chi connectivity index (χ1v) is 7.59. The van der Waals surface area contributed by atoms with E-state index in [1.54, 1.807) is 13.2 Å². The molecule has 0 aromatic heterocycles. The summed E-state index contributed by atoms with van der Waals surface area (Å²) in [7, 11) is 1.68. The molecule has 1 aromatic rings. The summed E-state index contributed by atoms with van der Waals surface area (Å²) in [4.78, 5) is 2.50. The van der Waals surface area contributed by atoms with Crippen molar-refractivity contribution in [2.45, 2.75) is 25.3 Å². The number of rotatable bonds is 5. The lowest BCUT2D eigenvalue weighted by Crippen LogP contribution is -2.45. The predicted octanol–water partition coefficient (Wildman–Crippen LogP) is 2.99. The molecule has 2 N–H and O–H groups in total. The van der Waals surface area contributed by atoms with Crippen LogP contribution in [0, 0.1) is 5.92 Å². The molecule has 4 nitrogen and oxygen atoms in total. The Morgan fingerprint density at radius 2 is 1.95 bits per heavy atom. The quantitative estimate of drug-likeness (QED) is 0.858. The molecule has 1 aliphatic carbocycles. The van der Waals surface area contributed by atoms with Gasteiger partial charge in [-0.1, -0.05) is 12.8 Å². The Hall–Kier alpha value is -0.680. The highest BCUT2D eigenvalue weighted by Gasteiger charge is 2.31. The zero-order valence-electron chi connectivity index (χ0n) is 13.0. The van der Waals surface area contributed by atoms with Crippen molar-refractivity contribution >= 4 is 24.8 Å². The zero-order valence-corrected chi connectivity index (χ0v) is 14.6. The molecule has 1 saturated carbocycles. The second-order valence-corrected chi connectivity index (χ2v) is 5.91. The lowest BCUT2D eigenvalue weighted by Gasteiger charge is -2.35. The summed E-state index contributed by atoms with van der Waals surface area (Å²) in [6.07, 6.45) is 3.83. The number of hydrogen-bond acceptors (Lipinski definition) is 4. The first-order chi connectivity index (χ1) is 9.78. The van der Waals surface area contributed by atoms with Gasteiger partial charge in [0.1, 0.15) is 11.5 Å². The van der Waals surface area contributed by atoms with Crippen LogP contribution in [0.25, 0.3) is 0 Å². The summed E-state index contributed by atoms with van der Waals surface area (Å²) >= 11 is 0. The first kappa shape index (κ1) is 19.4. The number of nitrogens with one attached hydrogen (secondary N) is 1. The lowest BCUT2D eigenvalue weighted by atomic mass is 9.97. The fourth-order valence-electron chi connectivity index (χ4n) is 3.06. The minimum atomic E-state index is 0. The molecule has 1 aliphatic heterocycles. The molecule has 1 heterocycles. The smallest absolute Gasteiger partial charge is 0.120 e. The van der Waals surface area contributed by atoms with E-state index in [1.165, 1.54) is 12.8 Å². The van der Waals surface area contributed by atoms with Crippen LogP contribution in [0.15, 0.2) is 18.2 Å². The van der Waals surface area contributed by atoms with Gasteiger partial charge in [-0.15, -0.1) is 24.8 Å². The van der Waals surface area contributed by atoms with Gasteiger partial charge < -0.3 is 15.2 Å². The van der Waals surface area contributed by atoms with Crippen molar-refractivity contribution < 1.29 is 9.84 Å². The number of methoxy groups -OCH3 is 1. The Morgan fingerprint density at radius 1 is 1.27 bits per heavy atom. The Morgan fingerprint density at radius 3 is 2.55 bits per heavy atom. The monoisotopic (exact) mass is 348 g/mol. The number of phenols is 1. The van der Waals surface area contributed by atoms with Crippen LogP contribution in [-0.4, -0.2) is 43.3 Å². The Bertz CT molecular complexity index is 463. The van der Waals surface area contributed by atoms with Crippen LogP contribution in [0.3, 0.4) is 0 Å². The normalized spacial score (nSPS) is 19.7. The van der Waals surface area contributed by atoms with E-state index in [2.05, 4.69) is 10.2 Å². The molecule has 2 aliphatic rings. The summed E-state index contributed by atoms with van der Waals surface area (Å²) in [5.74, 6) is 2.06. The topological polar surface area (TPSA) is 44.7 Å². The molecule has 22 heavy (non-hydrogen) atoms. The van der Waals surface area contributed by atoms with Crippen molar-refractivity contribution in [3.63, 3.8) is 0 Å². The van der Waals surface area contributed by atoms with Crippen LogP contribution in [0.2, 0.25) is 0 Å². The highest BCUT2D eigenvalue weighted by molar-refractivity contribution is 5.85. The molecule has 0 radical (unpaired) electrons. The van der Waals surface area contributed by atoms with Gasteiger partial charge in [-0.3, -0.25) is 4.90 Å². The maximum absolute atomic E-state index is 10.3. The van der Waals surface area contributed by atoms with E-state index in [9.17, 15) is 5.11 Å². The summed E-state index contributed by atoms with van der Waals surface area (Å²) in [5, 5.41) is 13.7. The van der Waals surface area contributed by atoms with Crippen molar-refractivity contribution in [3.8, 4) is 11.5 Å². The molecule has 6 heteroatoms. The fourth-order valence-corrected chi connectivity index (χ4v) is 3.06. The molecule has 126 valence electrons. The van der Waals surface area contributed by atoms with E-state index in [4.69, 9.17) is 4.74 Å². The summed E-state index contributed by atoms with van der Waals surface area (Å²) in [6.45, 7) is 4.17. The average molecular weight is 349 g/mol. The Kier molecular flexibility index (Phi) is 7.77. The molecular weight excluding hydrogens is 323 g/mol. The molecular formula is C16H26Cl2N2O2. The third-order valence-electron chi connectivity index (χ3n) is 4.44. The van der Waals surface area contributed by atoms with E-state index in [1.807, 2.05) is 12.1 Å². The molecule has 1 aromatic carbocycles. The maximum atomic E-state index is 10.3. The highest BCUT2D eigenvalue weighted by Crippen LogP contribution is 2.43. The molecule has 0 bridgehead atoms. The number of benzene rings is 1. The average Bonchev–Trinajstić information content (AvgIpc) is 3.31. The third kappa shape index (κ3) is 4.66. The number of aromatic hydroxyl groups is 1. The highest BCUT2D eigenvalue weighted by atomic mass is 35.5. The Balaban J connectivity index is 0.00000121. The minimum Gasteiger partial charge on any atom is -0.508 e. The van der Waals surface area contributed by atoms with Crippen molar-refractivity contribution in [2.24, 2.45) is 5.92 Å². The van der Waals surface area contributed by atoms with Gasteiger partial charge in [0.2, 0.25) is 0 Å².